The van der Waals surface area contributed by atoms with E-state index in [2.05, 4.69) is 55.2 Å². The Hall–Kier alpha value is -1.84. The van der Waals surface area contributed by atoms with Crippen molar-refractivity contribution in [3.8, 4) is 0 Å². The SMILES string of the molecule is CN=C(NCCCn1c(C)nc2ccccc21)N1CCC(CC(=O)NC)CC1.I. The van der Waals surface area contributed by atoms with Crippen LogP contribution in [0.5, 0.6) is 0 Å². The van der Waals surface area contributed by atoms with Gasteiger partial charge < -0.3 is 20.1 Å². The molecule has 7 nitrogen and oxygen atoms in total. The van der Waals surface area contributed by atoms with Crippen molar-refractivity contribution in [1.82, 2.24) is 25.1 Å². The van der Waals surface area contributed by atoms with E-state index in [9.17, 15) is 4.79 Å². The maximum Gasteiger partial charge on any atom is 0.220 e. The average Bonchev–Trinajstić information content (AvgIpc) is 3.04. The number of nitrogens with zero attached hydrogens (tertiary/aromatic N) is 4. The summed E-state index contributed by atoms with van der Waals surface area (Å²) >= 11 is 0. The number of amides is 1. The van der Waals surface area contributed by atoms with E-state index >= 15 is 0 Å². The van der Waals surface area contributed by atoms with Gasteiger partial charge in [0.05, 0.1) is 11.0 Å². The minimum absolute atomic E-state index is 0. The van der Waals surface area contributed by atoms with Gasteiger partial charge in [-0.05, 0) is 44.2 Å². The van der Waals surface area contributed by atoms with Gasteiger partial charge in [-0.1, -0.05) is 12.1 Å². The number of carbonyl (C=O) groups is 1. The number of aromatic nitrogens is 2. The van der Waals surface area contributed by atoms with E-state index in [4.69, 9.17) is 0 Å². The molecule has 1 aromatic carbocycles. The first-order valence-electron chi connectivity index (χ1n) is 10.2. The van der Waals surface area contributed by atoms with Gasteiger partial charge in [0.25, 0.3) is 0 Å². The van der Waals surface area contributed by atoms with E-state index in [1.807, 2.05) is 13.1 Å². The molecule has 0 saturated carbocycles. The standard InChI is InChI=1S/C21H32N6O.HI/c1-16-25-18-7-4-5-8-19(18)27(16)12-6-11-24-21(23-3)26-13-9-17(10-14-26)15-20(28)22-2;/h4-5,7-8,17H,6,9-15H2,1-3H3,(H,22,28)(H,23,24);1H. The van der Waals surface area contributed by atoms with Crippen molar-refractivity contribution in [2.75, 3.05) is 33.7 Å². The van der Waals surface area contributed by atoms with Crippen LogP contribution < -0.4 is 10.6 Å². The van der Waals surface area contributed by atoms with Crippen LogP contribution in [0.2, 0.25) is 0 Å². The summed E-state index contributed by atoms with van der Waals surface area (Å²) < 4.78 is 2.28. The summed E-state index contributed by atoms with van der Waals surface area (Å²) in [5.74, 6) is 2.64. The largest absolute Gasteiger partial charge is 0.359 e. The molecule has 1 amide bonds. The lowest BCUT2D eigenvalue weighted by molar-refractivity contribution is -0.121. The molecular weight excluding hydrogens is 479 g/mol. The lowest BCUT2D eigenvalue weighted by Crippen LogP contribution is -2.46. The number of piperidine rings is 1. The van der Waals surface area contributed by atoms with Crippen LogP contribution in [0.1, 0.15) is 31.5 Å². The molecule has 0 aliphatic carbocycles. The zero-order valence-corrected chi connectivity index (χ0v) is 20.0. The molecule has 2 aromatic rings. The van der Waals surface area contributed by atoms with Crippen LogP contribution in [-0.4, -0.2) is 60.0 Å². The molecule has 0 radical (unpaired) electrons. The fourth-order valence-corrected chi connectivity index (χ4v) is 3.96. The van der Waals surface area contributed by atoms with Crippen molar-refractivity contribution in [1.29, 1.82) is 0 Å². The molecular formula is C21H33IN6O. The van der Waals surface area contributed by atoms with E-state index in [-0.39, 0.29) is 29.9 Å². The van der Waals surface area contributed by atoms with E-state index in [1.165, 1.54) is 5.52 Å². The lowest BCUT2D eigenvalue weighted by Gasteiger charge is -2.34. The summed E-state index contributed by atoms with van der Waals surface area (Å²) in [6, 6.07) is 8.29. The number of imidazole rings is 1. The van der Waals surface area contributed by atoms with Crippen molar-refractivity contribution in [2.45, 2.75) is 39.2 Å². The van der Waals surface area contributed by atoms with Crippen LogP contribution in [0.25, 0.3) is 11.0 Å². The fourth-order valence-electron chi connectivity index (χ4n) is 3.96. The van der Waals surface area contributed by atoms with Gasteiger partial charge in [-0.15, -0.1) is 24.0 Å². The van der Waals surface area contributed by atoms with Crippen LogP contribution in [0.4, 0.5) is 0 Å². The minimum atomic E-state index is 0. The molecule has 2 heterocycles. The van der Waals surface area contributed by atoms with Crippen molar-refractivity contribution in [3.05, 3.63) is 30.1 Å². The van der Waals surface area contributed by atoms with E-state index in [0.29, 0.717) is 12.3 Å². The highest BCUT2D eigenvalue weighted by atomic mass is 127. The highest BCUT2D eigenvalue weighted by molar-refractivity contribution is 14.0. The van der Waals surface area contributed by atoms with E-state index in [0.717, 1.165) is 62.7 Å². The Morgan fingerprint density at radius 1 is 1.28 bits per heavy atom. The van der Waals surface area contributed by atoms with Crippen LogP contribution in [0.15, 0.2) is 29.3 Å². The van der Waals surface area contributed by atoms with E-state index < -0.39 is 0 Å². The molecule has 3 rings (SSSR count). The topological polar surface area (TPSA) is 74.5 Å². The molecule has 1 aliphatic rings. The molecule has 1 saturated heterocycles. The Morgan fingerprint density at radius 3 is 2.69 bits per heavy atom. The van der Waals surface area contributed by atoms with Gasteiger partial charge >= 0.3 is 0 Å². The molecule has 8 heteroatoms. The second kappa shape index (κ2) is 11.4. The number of para-hydroxylation sites is 2. The number of aryl methyl sites for hydroxylation is 2. The molecule has 0 bridgehead atoms. The summed E-state index contributed by atoms with van der Waals surface area (Å²) in [7, 11) is 3.55. The first-order valence-corrected chi connectivity index (χ1v) is 10.2. The highest BCUT2D eigenvalue weighted by Crippen LogP contribution is 2.20. The number of aliphatic imine (C=N–C) groups is 1. The molecule has 0 spiro atoms. The second-order valence-electron chi connectivity index (χ2n) is 7.43. The fraction of sp³-hybridized carbons (Fsp3) is 0.571. The average molecular weight is 512 g/mol. The molecule has 29 heavy (non-hydrogen) atoms. The van der Waals surface area contributed by atoms with Crippen molar-refractivity contribution in [2.24, 2.45) is 10.9 Å². The minimum Gasteiger partial charge on any atom is -0.359 e. The summed E-state index contributed by atoms with van der Waals surface area (Å²) in [6.07, 6.45) is 3.71. The Balaban J connectivity index is 0.00000300. The number of carbonyl (C=O) groups excluding carboxylic acids is 1. The number of nitrogens with one attached hydrogen (secondary N) is 2. The molecule has 0 unspecified atom stereocenters. The summed E-state index contributed by atoms with van der Waals surface area (Å²) in [5, 5.41) is 6.22. The van der Waals surface area contributed by atoms with Gasteiger partial charge in [-0.2, -0.15) is 0 Å². The first kappa shape index (κ1) is 23.4. The predicted molar refractivity (Wildman–Crippen MR) is 129 cm³/mol. The number of benzene rings is 1. The zero-order chi connectivity index (χ0) is 19.9. The molecule has 1 aromatic heterocycles. The molecule has 0 atom stereocenters. The van der Waals surface area contributed by atoms with E-state index in [1.54, 1.807) is 7.05 Å². The van der Waals surface area contributed by atoms with Crippen molar-refractivity contribution < 1.29 is 4.79 Å². The Kier molecular flexibility index (Phi) is 9.19. The number of likely N-dealkylation sites (tertiary alicyclic amines) is 1. The normalized spacial score (nSPS) is 15.3. The van der Waals surface area contributed by atoms with Crippen LogP contribution in [-0.2, 0) is 11.3 Å². The van der Waals surface area contributed by atoms with Gasteiger partial charge in [-0.3, -0.25) is 9.79 Å². The first-order chi connectivity index (χ1) is 13.6. The number of hydrogen-bond donors (Lipinski definition) is 2. The zero-order valence-electron chi connectivity index (χ0n) is 17.6. The number of hydrogen-bond acceptors (Lipinski definition) is 3. The maximum atomic E-state index is 11.6. The predicted octanol–water partition coefficient (Wildman–Crippen LogP) is 2.78. The van der Waals surface area contributed by atoms with Crippen molar-refractivity contribution in [3.63, 3.8) is 0 Å². The number of fused-ring (bicyclic) bond motifs is 1. The Bertz CT molecular complexity index is 826. The highest BCUT2D eigenvalue weighted by Gasteiger charge is 2.22. The van der Waals surface area contributed by atoms with Gasteiger partial charge in [0.2, 0.25) is 5.91 Å². The number of guanidine groups is 1. The number of rotatable bonds is 6. The van der Waals surface area contributed by atoms with Gasteiger partial charge in [-0.25, -0.2) is 4.98 Å². The summed E-state index contributed by atoms with van der Waals surface area (Å²) in [6.45, 7) is 5.77. The molecule has 160 valence electrons. The Morgan fingerprint density at radius 2 is 2.00 bits per heavy atom. The second-order valence-corrected chi connectivity index (χ2v) is 7.43. The third-order valence-corrected chi connectivity index (χ3v) is 5.57. The van der Waals surface area contributed by atoms with Crippen LogP contribution in [0, 0.1) is 12.8 Å². The molecule has 1 aliphatic heterocycles. The third kappa shape index (κ3) is 6.07. The monoisotopic (exact) mass is 512 g/mol. The van der Waals surface area contributed by atoms with Crippen LogP contribution >= 0.6 is 24.0 Å². The molecule has 1 fully saturated rings. The quantitative estimate of drug-likeness (QED) is 0.270. The van der Waals surface area contributed by atoms with Crippen molar-refractivity contribution >= 4 is 46.9 Å². The summed E-state index contributed by atoms with van der Waals surface area (Å²) in [4.78, 5) is 22.9. The van der Waals surface area contributed by atoms with Crippen LogP contribution in [0.3, 0.4) is 0 Å². The summed E-state index contributed by atoms with van der Waals surface area (Å²) in [5.41, 5.74) is 2.26. The number of halogens is 1. The Labute approximate surface area is 190 Å². The molecule has 2 N–H and O–H groups in total. The lowest BCUT2D eigenvalue weighted by atomic mass is 9.93. The third-order valence-electron chi connectivity index (χ3n) is 5.57. The van der Waals surface area contributed by atoms with Gasteiger partial charge in [0.1, 0.15) is 5.82 Å². The smallest absolute Gasteiger partial charge is 0.220 e. The maximum absolute atomic E-state index is 11.6. The van der Waals surface area contributed by atoms with Gasteiger partial charge in [0.15, 0.2) is 5.96 Å². The van der Waals surface area contributed by atoms with Gasteiger partial charge in [0, 0.05) is 46.7 Å².